The van der Waals surface area contributed by atoms with Crippen LogP contribution in [0.2, 0.25) is 0 Å². The Balaban J connectivity index is 2.96. The van der Waals surface area contributed by atoms with E-state index in [4.69, 9.17) is 0 Å². The molecule has 0 saturated carbocycles. The van der Waals surface area contributed by atoms with Gasteiger partial charge in [-0.05, 0) is 29.1 Å². The first-order chi connectivity index (χ1) is 4.84. The number of hydrogen-bond acceptors (Lipinski definition) is 1. The van der Waals surface area contributed by atoms with Gasteiger partial charge in [-0.3, -0.25) is 4.98 Å². The summed E-state index contributed by atoms with van der Waals surface area (Å²) in [7, 11) is 0. The zero-order valence-corrected chi connectivity index (χ0v) is 7.30. The summed E-state index contributed by atoms with van der Waals surface area (Å²) in [6.45, 7) is 2.03. The summed E-state index contributed by atoms with van der Waals surface area (Å²) in [6.07, 6.45) is 3.61. The normalized spacial score (nSPS) is 11.6. The van der Waals surface area contributed by atoms with Crippen LogP contribution in [-0.2, 0) is 0 Å². The van der Waals surface area contributed by atoms with Gasteiger partial charge in [0.05, 0.1) is 0 Å². The minimum absolute atomic E-state index is 1.15. The van der Waals surface area contributed by atoms with E-state index >= 15 is 0 Å². The minimum Gasteiger partial charge on any atom is -0.264 e. The van der Waals surface area contributed by atoms with E-state index in [-0.39, 0.29) is 0 Å². The maximum absolute atomic E-state index is 3.99. The van der Waals surface area contributed by atoms with Crippen LogP contribution in [0.5, 0.6) is 0 Å². The highest BCUT2D eigenvalue weighted by molar-refractivity contribution is 9.11. The summed E-state index contributed by atoms with van der Waals surface area (Å²) in [5.74, 6) is 0. The van der Waals surface area contributed by atoms with Crippen LogP contribution in [0.25, 0.3) is 5.57 Å². The van der Waals surface area contributed by atoms with Crippen LogP contribution in [0, 0.1) is 0 Å². The minimum atomic E-state index is 1.15. The number of halogens is 1. The third kappa shape index (κ3) is 1.67. The van der Waals surface area contributed by atoms with Crippen molar-refractivity contribution in [1.29, 1.82) is 0 Å². The number of hydrogen-bond donors (Lipinski definition) is 0. The summed E-state index contributed by atoms with van der Waals surface area (Å²) >= 11 is 3.26. The summed E-state index contributed by atoms with van der Waals surface area (Å²) in [4.78, 5) is 5.88. The molecule has 0 aromatic carbocycles. The Morgan fingerprint density at radius 2 is 2.50 bits per heavy atom. The monoisotopic (exact) mass is 197 g/mol. The highest BCUT2D eigenvalue weighted by Crippen LogP contribution is 2.12. The summed E-state index contributed by atoms with van der Waals surface area (Å²) in [5, 5.41) is 0. The Hall–Kier alpha value is -0.630. The van der Waals surface area contributed by atoms with Crippen molar-refractivity contribution in [3.8, 4) is 0 Å². The van der Waals surface area contributed by atoms with Crippen LogP contribution in [0.15, 0.2) is 29.5 Å². The van der Waals surface area contributed by atoms with E-state index in [1.54, 1.807) is 6.20 Å². The highest BCUT2D eigenvalue weighted by atomic mass is 79.9. The van der Waals surface area contributed by atoms with Crippen LogP contribution in [0.4, 0.5) is 0 Å². The van der Waals surface area contributed by atoms with Gasteiger partial charge in [-0.25, -0.2) is 0 Å². The SMILES string of the molecule is CC(=CBr)c1cccnc1. The molecule has 0 bridgehead atoms. The second-order valence-electron chi connectivity index (χ2n) is 2.03. The second kappa shape index (κ2) is 3.52. The molecule has 0 spiro atoms. The van der Waals surface area contributed by atoms with Gasteiger partial charge in [0, 0.05) is 12.4 Å². The van der Waals surface area contributed by atoms with Crippen molar-refractivity contribution in [2.24, 2.45) is 0 Å². The fraction of sp³-hybridized carbons (Fsp3) is 0.125. The predicted molar refractivity (Wildman–Crippen MR) is 46.8 cm³/mol. The molecule has 0 aliphatic rings. The summed E-state index contributed by atoms with van der Waals surface area (Å²) in [6, 6.07) is 3.95. The third-order valence-corrected chi connectivity index (χ3v) is 1.97. The highest BCUT2D eigenvalue weighted by Gasteiger charge is 1.90. The van der Waals surface area contributed by atoms with Crippen molar-refractivity contribution >= 4 is 21.5 Å². The van der Waals surface area contributed by atoms with Gasteiger partial charge in [0.1, 0.15) is 0 Å². The molecule has 10 heavy (non-hydrogen) atoms. The van der Waals surface area contributed by atoms with Crippen LogP contribution in [0.1, 0.15) is 12.5 Å². The maximum atomic E-state index is 3.99. The van der Waals surface area contributed by atoms with Crippen molar-refractivity contribution < 1.29 is 0 Å². The number of pyridine rings is 1. The van der Waals surface area contributed by atoms with Crippen LogP contribution in [-0.4, -0.2) is 4.98 Å². The molecule has 0 radical (unpaired) electrons. The average molecular weight is 198 g/mol. The van der Waals surface area contributed by atoms with Crippen LogP contribution < -0.4 is 0 Å². The molecule has 52 valence electrons. The summed E-state index contributed by atoms with van der Waals surface area (Å²) in [5.41, 5.74) is 2.34. The first-order valence-electron chi connectivity index (χ1n) is 3.02. The zero-order valence-electron chi connectivity index (χ0n) is 5.71. The molecule has 0 unspecified atom stereocenters. The molecule has 2 heteroatoms. The topological polar surface area (TPSA) is 12.9 Å². The predicted octanol–water partition coefficient (Wildman–Crippen LogP) is 2.84. The molecule has 0 aliphatic heterocycles. The van der Waals surface area contributed by atoms with Gasteiger partial charge >= 0.3 is 0 Å². The van der Waals surface area contributed by atoms with Crippen molar-refractivity contribution in [3.63, 3.8) is 0 Å². The van der Waals surface area contributed by atoms with Gasteiger partial charge < -0.3 is 0 Å². The van der Waals surface area contributed by atoms with E-state index in [2.05, 4.69) is 20.9 Å². The van der Waals surface area contributed by atoms with Gasteiger partial charge in [0.15, 0.2) is 0 Å². The molecule has 1 aromatic rings. The molecular weight excluding hydrogens is 190 g/mol. The Morgan fingerprint density at radius 3 is 3.00 bits per heavy atom. The standard InChI is InChI=1S/C8H8BrN/c1-7(5-9)8-3-2-4-10-6-8/h2-6H,1H3. The lowest BCUT2D eigenvalue weighted by Crippen LogP contribution is -1.77. The lowest BCUT2D eigenvalue weighted by atomic mass is 10.2. The van der Waals surface area contributed by atoms with E-state index < -0.39 is 0 Å². The van der Waals surface area contributed by atoms with E-state index in [1.807, 2.05) is 30.2 Å². The van der Waals surface area contributed by atoms with Crippen LogP contribution in [0.3, 0.4) is 0 Å². The molecule has 1 aromatic heterocycles. The number of aromatic nitrogens is 1. The Morgan fingerprint density at radius 1 is 1.70 bits per heavy atom. The lowest BCUT2D eigenvalue weighted by molar-refractivity contribution is 1.31. The Bertz CT molecular complexity index is 228. The van der Waals surface area contributed by atoms with Crippen LogP contribution >= 0.6 is 15.9 Å². The Kier molecular flexibility index (Phi) is 2.63. The van der Waals surface area contributed by atoms with Gasteiger partial charge in [-0.1, -0.05) is 22.0 Å². The number of allylic oxidation sites excluding steroid dienone is 1. The van der Waals surface area contributed by atoms with Crippen molar-refractivity contribution in [2.75, 3.05) is 0 Å². The van der Waals surface area contributed by atoms with Crippen molar-refractivity contribution in [1.82, 2.24) is 4.98 Å². The van der Waals surface area contributed by atoms with Crippen molar-refractivity contribution in [2.45, 2.75) is 6.92 Å². The fourth-order valence-corrected chi connectivity index (χ4v) is 0.923. The molecule has 0 amide bonds. The molecule has 1 rings (SSSR count). The summed E-state index contributed by atoms with van der Waals surface area (Å²) < 4.78 is 0. The molecule has 0 aliphatic carbocycles. The number of rotatable bonds is 1. The van der Waals surface area contributed by atoms with Crippen molar-refractivity contribution in [3.05, 3.63) is 35.1 Å². The molecule has 0 saturated heterocycles. The molecule has 0 N–H and O–H groups in total. The number of nitrogens with zero attached hydrogens (tertiary/aromatic N) is 1. The first-order valence-corrected chi connectivity index (χ1v) is 3.93. The van der Waals surface area contributed by atoms with Gasteiger partial charge in [-0.2, -0.15) is 0 Å². The fourth-order valence-electron chi connectivity index (χ4n) is 0.659. The van der Waals surface area contributed by atoms with E-state index in [1.165, 1.54) is 5.57 Å². The van der Waals surface area contributed by atoms with E-state index in [0.717, 1.165) is 5.56 Å². The molecule has 0 fully saturated rings. The van der Waals surface area contributed by atoms with Gasteiger partial charge in [0.2, 0.25) is 0 Å². The van der Waals surface area contributed by atoms with Gasteiger partial charge in [-0.15, -0.1) is 0 Å². The molecule has 1 nitrogen and oxygen atoms in total. The average Bonchev–Trinajstić information content (AvgIpc) is 2.05. The third-order valence-electron chi connectivity index (χ3n) is 1.28. The Labute approximate surface area is 68.9 Å². The second-order valence-corrected chi connectivity index (χ2v) is 2.49. The van der Waals surface area contributed by atoms with E-state index in [0.29, 0.717) is 0 Å². The maximum Gasteiger partial charge on any atom is 0.0343 e. The first kappa shape index (κ1) is 7.48. The quantitative estimate of drug-likeness (QED) is 0.676. The molecule has 1 heterocycles. The molecule has 0 atom stereocenters. The smallest absolute Gasteiger partial charge is 0.0343 e. The lowest BCUT2D eigenvalue weighted by Gasteiger charge is -1.95. The van der Waals surface area contributed by atoms with E-state index in [9.17, 15) is 0 Å². The van der Waals surface area contributed by atoms with Gasteiger partial charge in [0.25, 0.3) is 0 Å². The largest absolute Gasteiger partial charge is 0.264 e. The zero-order chi connectivity index (χ0) is 7.40. The molecular formula is C8H8BrN.